The zero-order valence-corrected chi connectivity index (χ0v) is 22.3. The Morgan fingerprint density at radius 2 is 1.93 bits per heavy atom. The minimum absolute atomic E-state index is 0.0945. The molecular weight excluding hydrogens is 520 g/mol. The number of rotatable bonds is 7. The molecule has 40 heavy (non-hydrogen) atoms. The predicted octanol–water partition coefficient (Wildman–Crippen LogP) is 4.31. The third-order valence-corrected chi connectivity index (χ3v) is 6.95. The zero-order chi connectivity index (χ0) is 28.0. The molecule has 206 valence electrons. The Morgan fingerprint density at radius 3 is 2.67 bits per heavy atom. The van der Waals surface area contributed by atoms with Crippen molar-refractivity contribution in [2.45, 2.75) is 18.9 Å². The summed E-state index contributed by atoms with van der Waals surface area (Å²) in [6, 6.07) is 8.28. The number of pyridine rings is 2. The Hall–Kier alpha value is -4.65. The van der Waals surface area contributed by atoms with E-state index in [1.54, 1.807) is 42.0 Å². The topological polar surface area (TPSA) is 106 Å². The van der Waals surface area contributed by atoms with Gasteiger partial charge in [-0.05, 0) is 50.8 Å². The molecule has 0 bridgehead atoms. The second-order valence-electron chi connectivity index (χ2n) is 9.85. The number of hydrogen-bond acceptors (Lipinski definition) is 10. The summed E-state index contributed by atoms with van der Waals surface area (Å²) in [5.74, 6) is -0.949. The largest absolute Gasteiger partial charge is 0.479 e. The minimum Gasteiger partial charge on any atom is -0.479 e. The van der Waals surface area contributed by atoms with Crippen LogP contribution in [0.15, 0.2) is 55.4 Å². The van der Waals surface area contributed by atoms with Crippen molar-refractivity contribution in [1.29, 1.82) is 0 Å². The van der Waals surface area contributed by atoms with E-state index in [4.69, 9.17) is 9.47 Å². The second kappa shape index (κ2) is 9.83. The Bertz CT molecular complexity index is 1710. The molecule has 1 aliphatic rings. The van der Waals surface area contributed by atoms with Gasteiger partial charge < -0.3 is 19.7 Å². The van der Waals surface area contributed by atoms with Gasteiger partial charge in [-0.1, -0.05) is 0 Å². The molecule has 1 unspecified atom stereocenters. The highest BCUT2D eigenvalue weighted by molar-refractivity contribution is 6.02. The Balaban J connectivity index is 1.34. The number of aryl methyl sites for hydroxylation is 1. The summed E-state index contributed by atoms with van der Waals surface area (Å²) in [6.45, 7) is 1.55. The maximum Gasteiger partial charge on any atom is 0.282 e. The molecule has 5 aromatic rings. The van der Waals surface area contributed by atoms with Gasteiger partial charge in [0.1, 0.15) is 35.7 Å². The fraction of sp³-hybridized carbons (Fsp3) is 0.296. The molecule has 0 spiro atoms. The van der Waals surface area contributed by atoms with E-state index in [0.29, 0.717) is 39.6 Å². The molecule has 0 radical (unpaired) electrons. The van der Waals surface area contributed by atoms with Crippen molar-refractivity contribution in [1.82, 2.24) is 34.4 Å². The van der Waals surface area contributed by atoms with Crippen LogP contribution in [0.1, 0.15) is 5.56 Å². The highest BCUT2D eigenvalue weighted by Gasteiger charge is 2.50. The summed E-state index contributed by atoms with van der Waals surface area (Å²) in [5, 5.41) is 7.97. The van der Waals surface area contributed by atoms with E-state index in [1.165, 1.54) is 24.7 Å². The number of anilines is 3. The fourth-order valence-electron chi connectivity index (χ4n) is 5.00. The monoisotopic (exact) mass is 547 g/mol. The van der Waals surface area contributed by atoms with Gasteiger partial charge in [-0.3, -0.25) is 4.90 Å². The first-order chi connectivity index (χ1) is 19.2. The van der Waals surface area contributed by atoms with Crippen LogP contribution in [-0.4, -0.2) is 80.7 Å². The molecule has 0 amide bonds. The molecular formula is C27H27F2N9O2. The van der Waals surface area contributed by atoms with Crippen LogP contribution in [0.2, 0.25) is 0 Å². The molecule has 1 aliphatic heterocycles. The predicted molar refractivity (Wildman–Crippen MR) is 146 cm³/mol. The number of ether oxygens (including phenoxy) is 2. The lowest BCUT2D eigenvalue weighted by molar-refractivity contribution is -0.0334. The lowest BCUT2D eigenvalue weighted by Gasteiger charge is -2.24. The van der Waals surface area contributed by atoms with Crippen molar-refractivity contribution in [3.8, 4) is 17.4 Å². The van der Waals surface area contributed by atoms with Crippen molar-refractivity contribution in [2.24, 2.45) is 0 Å². The van der Waals surface area contributed by atoms with Gasteiger partial charge >= 0.3 is 0 Å². The average Bonchev–Trinajstić information content (AvgIpc) is 3.52. The molecule has 1 saturated heterocycles. The molecule has 0 aliphatic carbocycles. The van der Waals surface area contributed by atoms with Crippen LogP contribution in [0.5, 0.6) is 17.4 Å². The van der Waals surface area contributed by atoms with E-state index in [2.05, 4.69) is 30.4 Å². The molecule has 11 nitrogen and oxygen atoms in total. The van der Waals surface area contributed by atoms with Gasteiger partial charge in [0.05, 0.1) is 36.8 Å². The van der Waals surface area contributed by atoms with Crippen LogP contribution < -0.4 is 19.7 Å². The molecule has 5 heterocycles. The third kappa shape index (κ3) is 4.57. The highest BCUT2D eigenvalue weighted by Crippen LogP contribution is 2.43. The first kappa shape index (κ1) is 25.6. The van der Waals surface area contributed by atoms with Gasteiger partial charge in [-0.15, -0.1) is 0 Å². The van der Waals surface area contributed by atoms with Gasteiger partial charge in [-0.25, -0.2) is 33.2 Å². The minimum atomic E-state index is -2.93. The molecule has 1 fully saturated rings. The standard InChI is InChI=1S/C27H27F2N9O2/c1-16-9-17(5-6-20(16)40-18-7-8-38-22(10-18)32-15-34-38)35-25-23-19(31-14-33-25)11-30-26(39-4)24(23)37-12-21(36(2)3)27(28,29)13-37/h5-11,14-15,21H,12-13H2,1-4H3,(H,31,33,35). The lowest BCUT2D eigenvalue weighted by atomic mass is 10.1. The van der Waals surface area contributed by atoms with Crippen LogP contribution in [0.4, 0.5) is 26.0 Å². The molecule has 6 rings (SSSR count). The van der Waals surface area contributed by atoms with E-state index in [1.807, 2.05) is 31.2 Å². The summed E-state index contributed by atoms with van der Waals surface area (Å²) < 4.78 is 43.2. The quantitative estimate of drug-likeness (QED) is 0.317. The van der Waals surface area contributed by atoms with Crippen molar-refractivity contribution < 1.29 is 18.3 Å². The van der Waals surface area contributed by atoms with E-state index >= 15 is 0 Å². The Kier molecular flexibility index (Phi) is 6.29. The number of aromatic nitrogens is 6. The van der Waals surface area contributed by atoms with Crippen LogP contribution in [0.25, 0.3) is 16.6 Å². The van der Waals surface area contributed by atoms with Gasteiger partial charge in [0.25, 0.3) is 5.92 Å². The van der Waals surface area contributed by atoms with Crippen molar-refractivity contribution in [2.75, 3.05) is 44.5 Å². The van der Waals surface area contributed by atoms with E-state index < -0.39 is 18.5 Å². The second-order valence-corrected chi connectivity index (χ2v) is 9.85. The summed E-state index contributed by atoms with van der Waals surface area (Å²) in [6.07, 6.45) is 6.22. The Labute approximate surface area is 228 Å². The van der Waals surface area contributed by atoms with E-state index in [-0.39, 0.29) is 12.4 Å². The lowest BCUT2D eigenvalue weighted by Crippen LogP contribution is -2.42. The number of halogens is 2. The zero-order valence-electron chi connectivity index (χ0n) is 22.3. The van der Waals surface area contributed by atoms with Crippen LogP contribution in [0.3, 0.4) is 0 Å². The van der Waals surface area contributed by atoms with Gasteiger partial charge in [0, 0.05) is 24.5 Å². The van der Waals surface area contributed by atoms with Gasteiger partial charge in [-0.2, -0.15) is 5.10 Å². The molecule has 1 aromatic carbocycles. The summed E-state index contributed by atoms with van der Waals surface area (Å²) >= 11 is 0. The normalized spacial score (nSPS) is 16.7. The van der Waals surface area contributed by atoms with Crippen molar-refractivity contribution in [3.63, 3.8) is 0 Å². The van der Waals surface area contributed by atoms with Crippen LogP contribution in [0, 0.1) is 6.92 Å². The molecule has 1 N–H and O–H groups in total. The first-order valence-corrected chi connectivity index (χ1v) is 12.6. The number of likely N-dealkylation sites (N-methyl/N-ethyl adjacent to an activating group) is 1. The fourth-order valence-corrected chi connectivity index (χ4v) is 5.00. The van der Waals surface area contributed by atoms with Crippen LogP contribution >= 0.6 is 0 Å². The van der Waals surface area contributed by atoms with Gasteiger partial charge in [0.2, 0.25) is 5.88 Å². The highest BCUT2D eigenvalue weighted by atomic mass is 19.3. The van der Waals surface area contributed by atoms with Crippen molar-refractivity contribution in [3.05, 3.63) is 60.9 Å². The smallest absolute Gasteiger partial charge is 0.282 e. The number of nitrogens with zero attached hydrogens (tertiary/aromatic N) is 8. The number of methoxy groups -OCH3 is 1. The van der Waals surface area contributed by atoms with Gasteiger partial charge in [0.15, 0.2) is 5.65 Å². The SMILES string of the molecule is COc1ncc2ncnc(Nc3ccc(Oc4ccn5ncnc5c4)c(C)c3)c2c1N1CC(N(C)C)C(F)(F)C1. The van der Waals surface area contributed by atoms with E-state index in [9.17, 15) is 8.78 Å². The number of nitrogens with one attached hydrogen (secondary N) is 1. The summed E-state index contributed by atoms with van der Waals surface area (Å²) in [5.41, 5.74) is 3.21. The number of benzene rings is 1. The number of hydrogen-bond donors (Lipinski definition) is 1. The summed E-state index contributed by atoms with van der Waals surface area (Å²) in [4.78, 5) is 20.5. The number of fused-ring (bicyclic) bond motifs is 2. The van der Waals surface area contributed by atoms with Crippen LogP contribution in [-0.2, 0) is 0 Å². The maximum atomic E-state index is 15.0. The third-order valence-electron chi connectivity index (χ3n) is 6.95. The molecule has 0 saturated carbocycles. The molecule has 13 heteroatoms. The van der Waals surface area contributed by atoms with E-state index in [0.717, 1.165) is 11.3 Å². The molecule has 4 aromatic heterocycles. The Morgan fingerprint density at radius 1 is 1.07 bits per heavy atom. The first-order valence-electron chi connectivity index (χ1n) is 12.6. The van der Waals surface area contributed by atoms with Crippen molar-refractivity contribution >= 4 is 33.7 Å². The average molecular weight is 548 g/mol. The number of alkyl halides is 2. The maximum absolute atomic E-state index is 15.0. The summed E-state index contributed by atoms with van der Waals surface area (Å²) in [7, 11) is 4.77. The molecule has 1 atom stereocenters.